The third-order valence-electron chi connectivity index (χ3n) is 6.05. The molecule has 1 saturated heterocycles. The van der Waals surface area contributed by atoms with Crippen molar-refractivity contribution in [2.45, 2.75) is 57.4 Å². The summed E-state index contributed by atoms with van der Waals surface area (Å²) >= 11 is 0. The quantitative estimate of drug-likeness (QED) is 0.236. The zero-order chi connectivity index (χ0) is 25.0. The molecule has 192 valence electrons. The molecule has 2 heterocycles. The molecule has 0 bridgehead atoms. The molecule has 1 aromatic rings. The summed E-state index contributed by atoms with van der Waals surface area (Å²) in [4.78, 5) is 50.1. The summed E-state index contributed by atoms with van der Waals surface area (Å²) in [6.45, 7) is 4.38. The number of ether oxygens (including phenoxy) is 2. The van der Waals surface area contributed by atoms with E-state index in [1.807, 2.05) is 0 Å². The number of hydrogen-bond donors (Lipinski definition) is 3. The fourth-order valence-corrected chi connectivity index (χ4v) is 4.10. The zero-order valence-corrected chi connectivity index (χ0v) is 20.2. The SMILES string of the molecule is NCCCCOCCCCOCCCCNc1ccc2c(c1)C(=O)N(C1CCC(=O)NC1=O)C2=O. The van der Waals surface area contributed by atoms with Crippen molar-refractivity contribution in [3.8, 4) is 0 Å². The number of piperidine rings is 1. The molecule has 0 aliphatic carbocycles. The molecule has 2 aliphatic rings. The molecule has 0 radical (unpaired) electrons. The van der Waals surface area contributed by atoms with Gasteiger partial charge >= 0.3 is 0 Å². The number of carbonyl (C=O) groups is 4. The van der Waals surface area contributed by atoms with Gasteiger partial charge in [-0.1, -0.05) is 0 Å². The molecule has 0 saturated carbocycles. The molecule has 4 N–H and O–H groups in total. The molecule has 10 heteroatoms. The predicted molar refractivity (Wildman–Crippen MR) is 130 cm³/mol. The van der Waals surface area contributed by atoms with Gasteiger partial charge in [-0.2, -0.15) is 0 Å². The highest BCUT2D eigenvalue weighted by molar-refractivity contribution is 6.23. The normalized spacial score (nSPS) is 17.6. The number of anilines is 1. The fourth-order valence-electron chi connectivity index (χ4n) is 4.10. The van der Waals surface area contributed by atoms with Crippen molar-refractivity contribution in [1.82, 2.24) is 10.2 Å². The third kappa shape index (κ3) is 7.58. The Morgan fingerprint density at radius 3 is 2.17 bits per heavy atom. The van der Waals surface area contributed by atoms with Gasteiger partial charge in [0.15, 0.2) is 0 Å². The molecule has 35 heavy (non-hydrogen) atoms. The van der Waals surface area contributed by atoms with Crippen LogP contribution in [0.25, 0.3) is 0 Å². The van der Waals surface area contributed by atoms with Gasteiger partial charge in [0.25, 0.3) is 11.8 Å². The number of nitrogens with one attached hydrogen (secondary N) is 2. The van der Waals surface area contributed by atoms with Crippen molar-refractivity contribution in [3.05, 3.63) is 29.3 Å². The van der Waals surface area contributed by atoms with Crippen molar-refractivity contribution in [2.24, 2.45) is 5.73 Å². The molecule has 1 aromatic carbocycles. The molecule has 0 spiro atoms. The van der Waals surface area contributed by atoms with Gasteiger partial charge in [0.05, 0.1) is 11.1 Å². The molecule has 3 rings (SSSR count). The Bertz CT molecular complexity index is 906. The third-order valence-corrected chi connectivity index (χ3v) is 6.05. The smallest absolute Gasteiger partial charge is 0.262 e. The Morgan fingerprint density at radius 1 is 0.886 bits per heavy atom. The first kappa shape index (κ1) is 26.8. The summed E-state index contributed by atoms with van der Waals surface area (Å²) in [5.74, 6) is -2.00. The van der Waals surface area contributed by atoms with Crippen molar-refractivity contribution in [3.63, 3.8) is 0 Å². The van der Waals surface area contributed by atoms with E-state index in [-0.39, 0.29) is 29.9 Å². The van der Waals surface area contributed by atoms with Crippen LogP contribution in [0.3, 0.4) is 0 Å². The Kier molecular flexibility index (Phi) is 10.6. The maximum absolute atomic E-state index is 12.9. The van der Waals surface area contributed by atoms with Crippen molar-refractivity contribution in [1.29, 1.82) is 0 Å². The lowest BCUT2D eigenvalue weighted by Crippen LogP contribution is -2.54. The standard InChI is InChI=1S/C25H36N4O6/c26-11-1-3-13-34-15-5-6-16-35-14-4-2-12-27-18-7-8-19-20(17-18)25(33)29(24(19)32)21-9-10-22(30)28-23(21)31/h7-8,17,21,27H,1-6,9-16,26H2,(H,28,30,31). The summed E-state index contributed by atoms with van der Waals surface area (Å²) in [5, 5.41) is 5.47. The summed E-state index contributed by atoms with van der Waals surface area (Å²) in [5.41, 5.74) is 6.73. The maximum Gasteiger partial charge on any atom is 0.262 e. The van der Waals surface area contributed by atoms with Crippen molar-refractivity contribution >= 4 is 29.3 Å². The van der Waals surface area contributed by atoms with Crippen LogP contribution in [0.1, 0.15) is 72.1 Å². The van der Waals surface area contributed by atoms with E-state index in [9.17, 15) is 19.2 Å². The van der Waals surface area contributed by atoms with Crippen molar-refractivity contribution in [2.75, 3.05) is 44.8 Å². The van der Waals surface area contributed by atoms with E-state index in [4.69, 9.17) is 15.2 Å². The number of nitrogens with two attached hydrogens (primary N) is 1. The maximum atomic E-state index is 12.9. The number of nitrogens with zero attached hydrogens (tertiary/aromatic N) is 1. The molecule has 1 unspecified atom stereocenters. The van der Waals surface area contributed by atoms with Gasteiger partial charge in [-0.3, -0.25) is 29.4 Å². The van der Waals surface area contributed by atoms with E-state index in [1.165, 1.54) is 0 Å². The molecule has 4 amide bonds. The molecule has 0 aromatic heterocycles. The summed E-state index contributed by atoms with van der Waals surface area (Å²) in [7, 11) is 0. The van der Waals surface area contributed by atoms with Gasteiger partial charge in [0, 0.05) is 45.1 Å². The topological polar surface area (TPSA) is 140 Å². The van der Waals surface area contributed by atoms with E-state index in [0.29, 0.717) is 19.7 Å². The monoisotopic (exact) mass is 488 g/mol. The van der Waals surface area contributed by atoms with E-state index in [2.05, 4.69) is 10.6 Å². The number of benzene rings is 1. The Hall–Kier alpha value is -2.82. The van der Waals surface area contributed by atoms with Crippen LogP contribution in [0.2, 0.25) is 0 Å². The summed E-state index contributed by atoms with van der Waals surface area (Å²) in [6.07, 6.45) is 6.05. The number of hydrogen-bond acceptors (Lipinski definition) is 8. The fraction of sp³-hybridized carbons (Fsp3) is 0.600. The second kappa shape index (κ2) is 13.9. The Morgan fingerprint density at radius 2 is 1.51 bits per heavy atom. The summed E-state index contributed by atoms with van der Waals surface area (Å²) < 4.78 is 11.2. The van der Waals surface area contributed by atoms with Crippen LogP contribution in [0.15, 0.2) is 18.2 Å². The second-order valence-corrected chi connectivity index (χ2v) is 8.77. The van der Waals surface area contributed by atoms with Crippen molar-refractivity contribution < 1.29 is 28.7 Å². The molecule has 2 aliphatic heterocycles. The van der Waals surface area contributed by atoms with Crippen LogP contribution in [-0.2, 0) is 19.1 Å². The highest BCUT2D eigenvalue weighted by Gasteiger charge is 2.44. The number of rotatable bonds is 16. The van der Waals surface area contributed by atoms with E-state index < -0.39 is 23.8 Å². The highest BCUT2D eigenvalue weighted by atomic mass is 16.5. The zero-order valence-electron chi connectivity index (χ0n) is 20.2. The number of carbonyl (C=O) groups excluding carboxylic acids is 4. The van der Waals surface area contributed by atoms with Gasteiger partial charge < -0.3 is 20.5 Å². The average molecular weight is 489 g/mol. The minimum Gasteiger partial charge on any atom is -0.385 e. The second-order valence-electron chi connectivity index (χ2n) is 8.77. The first-order valence-corrected chi connectivity index (χ1v) is 12.5. The molecule has 1 atom stereocenters. The minimum atomic E-state index is -0.953. The number of fused-ring (bicyclic) bond motifs is 1. The molecule has 1 fully saturated rings. The van der Waals surface area contributed by atoms with Crippen LogP contribution in [0, 0.1) is 0 Å². The number of amides is 4. The Balaban J connectivity index is 1.31. The predicted octanol–water partition coefficient (Wildman–Crippen LogP) is 1.83. The lowest BCUT2D eigenvalue weighted by molar-refractivity contribution is -0.136. The largest absolute Gasteiger partial charge is 0.385 e. The van der Waals surface area contributed by atoms with E-state index in [1.54, 1.807) is 18.2 Å². The van der Waals surface area contributed by atoms with Gasteiger partial charge in [-0.25, -0.2) is 0 Å². The number of imide groups is 2. The van der Waals surface area contributed by atoms with Gasteiger partial charge in [-0.15, -0.1) is 0 Å². The minimum absolute atomic E-state index is 0.102. The average Bonchev–Trinajstić information content (AvgIpc) is 3.09. The van der Waals surface area contributed by atoms with Gasteiger partial charge in [0.1, 0.15) is 6.04 Å². The van der Waals surface area contributed by atoms with Crippen LogP contribution in [0.4, 0.5) is 5.69 Å². The molecule has 10 nitrogen and oxygen atoms in total. The van der Waals surface area contributed by atoms with E-state index in [0.717, 1.165) is 68.9 Å². The molecular weight excluding hydrogens is 452 g/mol. The first-order chi connectivity index (χ1) is 17.0. The lowest BCUT2D eigenvalue weighted by atomic mass is 10.0. The van der Waals surface area contributed by atoms with E-state index >= 15 is 0 Å². The van der Waals surface area contributed by atoms with Gasteiger partial charge in [0.2, 0.25) is 11.8 Å². The van der Waals surface area contributed by atoms with Crippen LogP contribution < -0.4 is 16.4 Å². The first-order valence-electron chi connectivity index (χ1n) is 12.5. The van der Waals surface area contributed by atoms with Crippen LogP contribution >= 0.6 is 0 Å². The lowest BCUT2D eigenvalue weighted by Gasteiger charge is -2.27. The van der Waals surface area contributed by atoms with Gasteiger partial charge in [-0.05, 0) is 69.7 Å². The number of unbranched alkanes of at least 4 members (excludes halogenated alkanes) is 3. The Labute approximate surface area is 205 Å². The van der Waals surface area contributed by atoms with Crippen LogP contribution in [0.5, 0.6) is 0 Å². The van der Waals surface area contributed by atoms with Crippen LogP contribution in [-0.4, -0.2) is 74.1 Å². The highest BCUT2D eigenvalue weighted by Crippen LogP contribution is 2.29. The molecular formula is C25H36N4O6. The summed E-state index contributed by atoms with van der Waals surface area (Å²) in [6, 6.07) is 4.06.